The van der Waals surface area contributed by atoms with Crippen molar-refractivity contribution in [3.63, 3.8) is 0 Å². The van der Waals surface area contributed by atoms with E-state index in [2.05, 4.69) is 36.9 Å². The Morgan fingerprint density at radius 1 is 0.935 bits per heavy atom. The van der Waals surface area contributed by atoms with Crippen LogP contribution in [0, 0.1) is 18.2 Å². The van der Waals surface area contributed by atoms with Crippen molar-refractivity contribution in [2.75, 3.05) is 23.7 Å². The molecule has 6 amide bonds. The number of nitrogens with one attached hydrogen (secondary N) is 6. The van der Waals surface area contributed by atoms with E-state index in [1.165, 1.54) is 11.0 Å². The topological polar surface area (TPSA) is 211 Å². The molecule has 15 nitrogen and oxygen atoms in total. The number of carbonyl (C=O) groups excluding carboxylic acids is 6. The summed E-state index contributed by atoms with van der Waals surface area (Å²) in [5.74, 6) is -4.13. The molecule has 4 heterocycles. The zero-order chi connectivity index (χ0) is 55.0. The van der Waals surface area contributed by atoms with E-state index in [-0.39, 0.29) is 60.3 Å². The molecule has 77 heavy (non-hydrogen) atoms. The summed E-state index contributed by atoms with van der Waals surface area (Å²) in [5.41, 5.74) is 3.65. The molecule has 4 aromatic carbocycles. The summed E-state index contributed by atoms with van der Waals surface area (Å²) in [7, 11) is 0. The number of aliphatic hydroxyl groups excluding tert-OH is 1. The Kier molecular flexibility index (Phi) is 16.3. The number of halogens is 3. The summed E-state index contributed by atoms with van der Waals surface area (Å²) >= 11 is 14.4. The molecule has 406 valence electrons. The number of benzene rings is 4. The summed E-state index contributed by atoms with van der Waals surface area (Å²) in [4.78, 5) is 90.7. The van der Waals surface area contributed by atoms with Gasteiger partial charge in [-0.3, -0.25) is 34.1 Å². The van der Waals surface area contributed by atoms with Crippen LogP contribution in [0.25, 0.3) is 10.4 Å². The van der Waals surface area contributed by atoms with Crippen LogP contribution in [-0.4, -0.2) is 93.3 Å². The Morgan fingerprint density at radius 3 is 2.35 bits per heavy atom. The van der Waals surface area contributed by atoms with Gasteiger partial charge in [0.25, 0.3) is 5.91 Å². The van der Waals surface area contributed by atoms with E-state index in [1.54, 1.807) is 71.4 Å². The lowest BCUT2D eigenvalue weighted by Gasteiger charge is -2.47. The first kappa shape index (κ1) is 55.5. The highest BCUT2D eigenvalue weighted by Crippen LogP contribution is 2.63. The molecule has 9 rings (SSSR count). The minimum atomic E-state index is -1.39. The molecule has 4 aliphatic rings. The van der Waals surface area contributed by atoms with Gasteiger partial charge in [-0.05, 0) is 110 Å². The molecule has 2 spiro atoms. The molecule has 19 heteroatoms. The second kappa shape index (κ2) is 22.6. The monoisotopic (exact) mass is 1110 g/mol. The summed E-state index contributed by atoms with van der Waals surface area (Å²) in [6.07, 6.45) is 3.77. The average Bonchev–Trinajstić information content (AvgIpc) is 3.89. The highest BCUT2D eigenvalue weighted by atomic mass is 35.5. The number of rotatable bonds is 15. The van der Waals surface area contributed by atoms with E-state index in [4.69, 9.17) is 23.2 Å². The lowest BCUT2D eigenvalue weighted by atomic mass is 9.55. The Labute approximate surface area is 461 Å². The van der Waals surface area contributed by atoms with Gasteiger partial charge in [0.05, 0.1) is 39.3 Å². The van der Waals surface area contributed by atoms with Crippen molar-refractivity contribution >= 4 is 81.4 Å². The van der Waals surface area contributed by atoms with Crippen LogP contribution in [0.15, 0.2) is 90.4 Å². The predicted octanol–water partition coefficient (Wildman–Crippen LogP) is 9.12. The molecule has 7 N–H and O–H groups in total. The van der Waals surface area contributed by atoms with E-state index in [1.807, 2.05) is 58.9 Å². The van der Waals surface area contributed by atoms with Crippen LogP contribution >= 0.6 is 34.5 Å². The molecular formula is C58H65Cl2FN8O7S. The quantitative estimate of drug-likeness (QED) is 0.0498. The second-order valence-corrected chi connectivity index (χ2v) is 23.7. The van der Waals surface area contributed by atoms with Gasteiger partial charge in [-0.25, -0.2) is 9.37 Å². The fourth-order valence-electron chi connectivity index (χ4n) is 12.1. The zero-order valence-corrected chi connectivity index (χ0v) is 46.1. The normalized spacial score (nSPS) is 22.3. The third kappa shape index (κ3) is 11.0. The SMILES string of the molecule is Cc1ncsc1-c1ccc([C@H](C)NC(=O)[C@@H]2C[C@@H](O)CN2C(=O)C(NC(=O)CCCCNC(=O)c2ccc(NC(=O)[C@@H]3NC4(CCCCC4)[C@@]4(C(=O)Nc5cc(Cl)ccc54)[C@H]3c3cccc(Cl)c3F)cc2)C(C)(C)C)cc1. The van der Waals surface area contributed by atoms with Gasteiger partial charge in [0.2, 0.25) is 29.5 Å². The first-order valence-electron chi connectivity index (χ1n) is 26.3. The summed E-state index contributed by atoms with van der Waals surface area (Å²) in [6.45, 7) is 9.51. The van der Waals surface area contributed by atoms with Crippen molar-refractivity contribution < 1.29 is 38.3 Å². The fourth-order valence-corrected chi connectivity index (χ4v) is 13.3. The van der Waals surface area contributed by atoms with Crippen molar-refractivity contribution in [3.8, 4) is 10.4 Å². The van der Waals surface area contributed by atoms with Crippen LogP contribution in [0.1, 0.15) is 130 Å². The van der Waals surface area contributed by atoms with Crippen molar-refractivity contribution in [2.24, 2.45) is 5.41 Å². The number of fused-ring (bicyclic) bond motifs is 3. The minimum Gasteiger partial charge on any atom is -0.391 e. The standard InChI is InChI=1S/C58H65Cl2FN8O7S/c1-32(34-15-17-35(18-16-34)49-33(2)63-31-77-49)64-52(73)44-29-39(70)30-69(44)54(75)50(56(3,4)5)67-45(71)14-7-10-27-62-51(72)36-19-22-38(23-20-36)65-53(74)48-46(40-12-11-13-42(60)47(40)61)58(57(68-48)25-8-6-9-26-57)41-24-21-37(59)28-43(41)66-55(58)76/h11-13,15-24,28,31-32,39,44,46,48,50,68,70H,6-10,14,25-27,29-30H2,1-5H3,(H,62,72)(H,64,73)(H,65,74)(H,66,76)(H,67,71)/t32-,39+,44-,46-,48+,50?,58+/m0/s1. The molecule has 3 fully saturated rings. The summed E-state index contributed by atoms with van der Waals surface area (Å²) in [5, 5.41) is 29.4. The number of β-amino-alcohol motifs (C(OH)–C–C–N with tert-alkyl or cyclic N) is 1. The largest absolute Gasteiger partial charge is 0.391 e. The highest BCUT2D eigenvalue weighted by Gasteiger charge is 2.72. The number of anilines is 2. The number of nitrogens with zero attached hydrogens (tertiary/aromatic N) is 2. The predicted molar refractivity (Wildman–Crippen MR) is 296 cm³/mol. The minimum absolute atomic E-state index is 0.0475. The third-order valence-electron chi connectivity index (χ3n) is 15.9. The number of thiazole rings is 1. The van der Waals surface area contributed by atoms with Crippen molar-refractivity contribution in [1.82, 2.24) is 31.2 Å². The number of hydrogen-bond acceptors (Lipinski definition) is 10. The van der Waals surface area contributed by atoms with E-state index >= 15 is 4.39 Å². The Bertz CT molecular complexity index is 3070. The van der Waals surface area contributed by atoms with Gasteiger partial charge in [-0.1, -0.05) is 106 Å². The van der Waals surface area contributed by atoms with Gasteiger partial charge in [0.1, 0.15) is 23.3 Å². The molecular weight excluding hydrogens is 1040 g/mol. The van der Waals surface area contributed by atoms with Crippen LogP contribution < -0.4 is 31.9 Å². The molecule has 1 saturated carbocycles. The zero-order valence-electron chi connectivity index (χ0n) is 43.7. The third-order valence-corrected chi connectivity index (χ3v) is 17.4. The van der Waals surface area contributed by atoms with Gasteiger partial charge >= 0.3 is 0 Å². The molecule has 5 aromatic rings. The number of likely N-dealkylation sites (tertiary alicyclic amines) is 1. The molecule has 1 unspecified atom stereocenters. The first-order valence-corrected chi connectivity index (χ1v) is 28.0. The van der Waals surface area contributed by atoms with E-state index < -0.39 is 70.1 Å². The maximum Gasteiger partial charge on any atom is 0.251 e. The van der Waals surface area contributed by atoms with Gasteiger partial charge in [-0.15, -0.1) is 11.3 Å². The van der Waals surface area contributed by atoms with Crippen molar-refractivity contribution in [2.45, 2.75) is 140 Å². The average molecular weight is 1110 g/mol. The Morgan fingerprint density at radius 2 is 1.66 bits per heavy atom. The molecule has 1 aliphatic carbocycles. The number of aliphatic hydroxyl groups is 1. The summed E-state index contributed by atoms with van der Waals surface area (Å²) in [6, 6.07) is 20.7. The van der Waals surface area contributed by atoms with Crippen LogP contribution in [0.4, 0.5) is 15.8 Å². The first-order chi connectivity index (χ1) is 36.7. The maximum absolute atomic E-state index is 16.3. The van der Waals surface area contributed by atoms with Crippen LogP contribution in [-0.2, 0) is 29.4 Å². The molecule has 3 aliphatic heterocycles. The van der Waals surface area contributed by atoms with Crippen molar-refractivity contribution in [3.05, 3.63) is 134 Å². The molecule has 1 aromatic heterocycles. The Balaban J connectivity index is 0.784. The van der Waals surface area contributed by atoms with E-state index in [9.17, 15) is 33.9 Å². The fraction of sp³-hybridized carbons (Fsp3) is 0.431. The molecule has 7 atom stereocenters. The summed E-state index contributed by atoms with van der Waals surface area (Å²) < 4.78 is 16.3. The number of unbranched alkanes of at least 4 members (excludes halogenated alkanes) is 1. The number of aromatic nitrogens is 1. The molecule has 0 bridgehead atoms. The van der Waals surface area contributed by atoms with Crippen LogP contribution in [0.3, 0.4) is 0 Å². The number of carbonyl (C=O) groups is 6. The number of aryl methyl sites for hydroxylation is 1. The lowest BCUT2D eigenvalue weighted by molar-refractivity contribution is -0.144. The number of amides is 6. The highest BCUT2D eigenvalue weighted by molar-refractivity contribution is 7.13. The number of hydrogen-bond donors (Lipinski definition) is 7. The van der Waals surface area contributed by atoms with E-state index in [0.717, 1.165) is 41.0 Å². The Hall–Kier alpha value is -6.24. The van der Waals surface area contributed by atoms with Gasteiger partial charge in [-0.2, -0.15) is 0 Å². The maximum atomic E-state index is 16.3. The van der Waals surface area contributed by atoms with Gasteiger partial charge < -0.3 is 36.6 Å². The second-order valence-electron chi connectivity index (χ2n) is 22.0. The van der Waals surface area contributed by atoms with E-state index in [0.29, 0.717) is 53.2 Å². The van der Waals surface area contributed by atoms with Crippen LogP contribution in [0.2, 0.25) is 10.0 Å². The molecule has 2 saturated heterocycles. The van der Waals surface area contributed by atoms with Crippen LogP contribution in [0.5, 0.6) is 0 Å². The van der Waals surface area contributed by atoms with Crippen molar-refractivity contribution in [1.29, 1.82) is 0 Å². The molecule has 0 radical (unpaired) electrons. The lowest BCUT2D eigenvalue weighted by Crippen LogP contribution is -2.60. The van der Waals surface area contributed by atoms with Gasteiger partial charge in [0.15, 0.2) is 0 Å². The van der Waals surface area contributed by atoms with Gasteiger partial charge in [0, 0.05) is 59.3 Å². The smallest absolute Gasteiger partial charge is 0.251 e.